The van der Waals surface area contributed by atoms with E-state index >= 15 is 0 Å². The Labute approximate surface area is 72.9 Å². The number of nitrogens with one attached hydrogen (secondary N) is 1. The fraction of sp³-hybridized carbons (Fsp3) is 0.143. The molecule has 0 aromatic carbocycles. The highest BCUT2D eigenvalue weighted by Gasteiger charge is 2.13. The molecule has 0 saturated carbocycles. The van der Waals surface area contributed by atoms with Crippen molar-refractivity contribution < 1.29 is 9.53 Å². The van der Waals surface area contributed by atoms with Gasteiger partial charge in [0, 0.05) is 6.20 Å². The molecular formula is C7H6N4O2. The minimum Gasteiger partial charge on any atom is -0.464 e. The average Bonchev–Trinajstić information content (AvgIpc) is 2.63. The molecule has 0 unspecified atom stereocenters. The van der Waals surface area contributed by atoms with Crippen LogP contribution < -0.4 is 0 Å². The van der Waals surface area contributed by atoms with E-state index in [1.54, 1.807) is 6.07 Å². The predicted molar refractivity (Wildman–Crippen MR) is 43.0 cm³/mol. The maximum Gasteiger partial charge on any atom is 0.359 e. The Morgan fingerprint density at radius 2 is 2.38 bits per heavy atom. The van der Waals surface area contributed by atoms with E-state index in [4.69, 9.17) is 0 Å². The second-order valence-corrected chi connectivity index (χ2v) is 2.34. The number of rotatable bonds is 1. The van der Waals surface area contributed by atoms with Crippen LogP contribution in [0.2, 0.25) is 0 Å². The lowest BCUT2D eigenvalue weighted by molar-refractivity contribution is 0.0596. The van der Waals surface area contributed by atoms with Crippen molar-refractivity contribution in [2.75, 3.05) is 7.11 Å². The summed E-state index contributed by atoms with van der Waals surface area (Å²) >= 11 is 0. The molecule has 2 rings (SSSR count). The Bertz CT molecular complexity index is 450. The van der Waals surface area contributed by atoms with Crippen LogP contribution in [0.1, 0.15) is 10.5 Å². The van der Waals surface area contributed by atoms with Gasteiger partial charge in [0.05, 0.1) is 7.11 Å². The molecule has 0 saturated heterocycles. The van der Waals surface area contributed by atoms with Crippen LogP contribution in [0.3, 0.4) is 0 Å². The van der Waals surface area contributed by atoms with Crippen molar-refractivity contribution in [2.45, 2.75) is 0 Å². The molecule has 0 atom stereocenters. The predicted octanol–water partition coefficient (Wildman–Crippen LogP) is 0.139. The molecule has 2 aromatic rings. The smallest absolute Gasteiger partial charge is 0.359 e. The van der Waals surface area contributed by atoms with Crippen molar-refractivity contribution in [2.24, 2.45) is 0 Å². The zero-order valence-electron chi connectivity index (χ0n) is 6.81. The Morgan fingerprint density at radius 1 is 1.54 bits per heavy atom. The van der Waals surface area contributed by atoms with Crippen molar-refractivity contribution in [1.29, 1.82) is 0 Å². The van der Waals surface area contributed by atoms with Gasteiger partial charge in [0.2, 0.25) is 0 Å². The molecule has 0 bridgehead atoms. The Balaban J connectivity index is 2.67. The molecule has 2 heterocycles. The zero-order valence-corrected chi connectivity index (χ0v) is 6.81. The fourth-order valence-corrected chi connectivity index (χ4v) is 1.02. The van der Waals surface area contributed by atoms with Crippen LogP contribution in [0.4, 0.5) is 0 Å². The standard InChI is InChI=1S/C7H6N4O2/c1-13-7(12)6-5-4(2-3-8-6)9-11-10-5/h2-3H,1H3,(H,9,10,11). The molecule has 0 aliphatic rings. The van der Waals surface area contributed by atoms with E-state index in [-0.39, 0.29) is 5.69 Å². The highest BCUT2D eigenvalue weighted by atomic mass is 16.5. The number of aromatic amines is 1. The number of ether oxygens (including phenoxy) is 1. The number of pyridine rings is 1. The number of nitrogens with zero attached hydrogens (tertiary/aromatic N) is 3. The van der Waals surface area contributed by atoms with Crippen LogP contribution in [0.15, 0.2) is 12.3 Å². The topological polar surface area (TPSA) is 80.8 Å². The Kier molecular flexibility index (Phi) is 1.66. The molecule has 0 radical (unpaired) electrons. The van der Waals surface area contributed by atoms with Gasteiger partial charge in [-0.1, -0.05) is 0 Å². The third kappa shape index (κ3) is 1.12. The van der Waals surface area contributed by atoms with E-state index in [0.29, 0.717) is 11.0 Å². The summed E-state index contributed by atoms with van der Waals surface area (Å²) in [6, 6.07) is 1.66. The second kappa shape index (κ2) is 2.81. The lowest BCUT2D eigenvalue weighted by Crippen LogP contribution is -2.04. The molecule has 0 spiro atoms. The van der Waals surface area contributed by atoms with Gasteiger partial charge in [-0.15, -0.1) is 0 Å². The van der Waals surface area contributed by atoms with Gasteiger partial charge in [0.25, 0.3) is 0 Å². The van der Waals surface area contributed by atoms with Crippen LogP contribution in [-0.2, 0) is 4.74 Å². The lowest BCUT2D eigenvalue weighted by atomic mass is 10.3. The maximum atomic E-state index is 11.2. The van der Waals surface area contributed by atoms with Gasteiger partial charge in [0.15, 0.2) is 5.69 Å². The summed E-state index contributed by atoms with van der Waals surface area (Å²) in [4.78, 5) is 15.0. The quantitative estimate of drug-likeness (QED) is 0.628. The molecule has 13 heavy (non-hydrogen) atoms. The summed E-state index contributed by atoms with van der Waals surface area (Å²) in [5.41, 5.74) is 1.19. The number of methoxy groups -OCH3 is 1. The molecular weight excluding hydrogens is 172 g/mol. The van der Waals surface area contributed by atoms with Crippen molar-refractivity contribution >= 4 is 17.0 Å². The zero-order chi connectivity index (χ0) is 9.26. The van der Waals surface area contributed by atoms with E-state index in [0.717, 1.165) is 0 Å². The number of aromatic nitrogens is 4. The summed E-state index contributed by atoms with van der Waals surface area (Å²) in [7, 11) is 1.29. The van der Waals surface area contributed by atoms with Crippen molar-refractivity contribution in [3.05, 3.63) is 18.0 Å². The summed E-state index contributed by atoms with van der Waals surface area (Å²) in [6.07, 6.45) is 1.48. The monoisotopic (exact) mass is 178 g/mol. The molecule has 66 valence electrons. The van der Waals surface area contributed by atoms with Gasteiger partial charge < -0.3 is 4.74 Å². The van der Waals surface area contributed by atoms with Gasteiger partial charge >= 0.3 is 5.97 Å². The highest BCUT2D eigenvalue weighted by molar-refractivity contribution is 5.99. The molecule has 0 aliphatic heterocycles. The number of esters is 1. The molecule has 2 aromatic heterocycles. The van der Waals surface area contributed by atoms with E-state index in [1.165, 1.54) is 13.3 Å². The molecule has 6 nitrogen and oxygen atoms in total. The van der Waals surface area contributed by atoms with E-state index < -0.39 is 5.97 Å². The van der Waals surface area contributed by atoms with Crippen LogP contribution in [0.25, 0.3) is 11.0 Å². The fourth-order valence-electron chi connectivity index (χ4n) is 1.02. The highest BCUT2D eigenvalue weighted by Crippen LogP contribution is 2.10. The summed E-state index contributed by atoms with van der Waals surface area (Å²) < 4.78 is 4.53. The first-order valence-electron chi connectivity index (χ1n) is 3.56. The number of carbonyl (C=O) groups excluding carboxylic acids is 1. The van der Waals surface area contributed by atoms with Crippen molar-refractivity contribution in [3.8, 4) is 0 Å². The van der Waals surface area contributed by atoms with Gasteiger partial charge in [-0.3, -0.25) is 0 Å². The first-order chi connectivity index (χ1) is 6.33. The first-order valence-corrected chi connectivity index (χ1v) is 3.56. The Morgan fingerprint density at radius 3 is 3.15 bits per heavy atom. The molecule has 0 aliphatic carbocycles. The number of fused-ring (bicyclic) bond motifs is 1. The van der Waals surface area contributed by atoms with E-state index in [9.17, 15) is 4.79 Å². The van der Waals surface area contributed by atoms with Gasteiger partial charge in [0.1, 0.15) is 11.0 Å². The number of hydrogen-bond acceptors (Lipinski definition) is 5. The third-order valence-electron chi connectivity index (χ3n) is 1.61. The van der Waals surface area contributed by atoms with Crippen LogP contribution >= 0.6 is 0 Å². The van der Waals surface area contributed by atoms with Crippen molar-refractivity contribution in [1.82, 2.24) is 20.4 Å². The van der Waals surface area contributed by atoms with Gasteiger partial charge in [-0.2, -0.15) is 15.4 Å². The summed E-state index contributed by atoms with van der Waals surface area (Å²) in [5.74, 6) is -0.514. The number of hydrogen-bond donors (Lipinski definition) is 1. The van der Waals surface area contributed by atoms with Crippen LogP contribution in [0, 0.1) is 0 Å². The Hall–Kier alpha value is -1.98. The number of carbonyl (C=O) groups is 1. The maximum absolute atomic E-state index is 11.2. The minimum absolute atomic E-state index is 0.175. The molecule has 6 heteroatoms. The molecule has 0 fully saturated rings. The second-order valence-electron chi connectivity index (χ2n) is 2.34. The summed E-state index contributed by atoms with van der Waals surface area (Å²) in [5, 5.41) is 10.0. The molecule has 0 amide bonds. The van der Waals surface area contributed by atoms with Gasteiger partial charge in [-0.05, 0) is 6.07 Å². The number of H-pyrrole nitrogens is 1. The van der Waals surface area contributed by atoms with Crippen LogP contribution in [-0.4, -0.2) is 33.5 Å². The SMILES string of the molecule is COC(=O)c1nccc2n[nH]nc12. The normalized spacial score (nSPS) is 10.2. The largest absolute Gasteiger partial charge is 0.464 e. The first kappa shape index (κ1) is 7.66. The average molecular weight is 178 g/mol. The molecule has 1 N–H and O–H groups in total. The van der Waals surface area contributed by atoms with Crippen molar-refractivity contribution in [3.63, 3.8) is 0 Å². The minimum atomic E-state index is -0.514. The summed E-state index contributed by atoms with van der Waals surface area (Å²) in [6.45, 7) is 0. The lowest BCUT2D eigenvalue weighted by Gasteiger charge is -1.96. The van der Waals surface area contributed by atoms with Gasteiger partial charge in [-0.25, -0.2) is 9.78 Å². The van der Waals surface area contributed by atoms with Crippen LogP contribution in [0.5, 0.6) is 0 Å². The van der Waals surface area contributed by atoms with E-state index in [2.05, 4.69) is 25.1 Å². The third-order valence-corrected chi connectivity index (χ3v) is 1.61. The van der Waals surface area contributed by atoms with E-state index in [1.807, 2.05) is 0 Å².